The zero-order valence-electron chi connectivity index (χ0n) is 12.7. The molecule has 1 aromatic carbocycles. The minimum atomic E-state index is -1.16. The van der Waals surface area contributed by atoms with Gasteiger partial charge < -0.3 is 20.5 Å². The average Bonchev–Trinajstić information content (AvgIpc) is 2.51. The number of carbonyl (C=O) groups excluding carboxylic acids is 2. The number of amides is 2. The van der Waals surface area contributed by atoms with Crippen LogP contribution in [0.3, 0.4) is 0 Å². The van der Waals surface area contributed by atoms with E-state index in [0.717, 1.165) is 0 Å². The van der Waals surface area contributed by atoms with E-state index in [2.05, 4.69) is 10.6 Å². The van der Waals surface area contributed by atoms with Crippen LogP contribution < -0.4 is 10.6 Å². The van der Waals surface area contributed by atoms with Gasteiger partial charge in [-0.1, -0.05) is 11.6 Å². The molecule has 1 atom stereocenters. The lowest BCUT2D eigenvalue weighted by molar-refractivity contribution is -0.143. The van der Waals surface area contributed by atoms with E-state index < -0.39 is 17.9 Å². The number of hydrogen-bond donors (Lipinski definition) is 3. The number of carboxylic acid groups (broad SMARTS) is 1. The Bertz CT molecular complexity index is 547. The molecular formula is C15H19ClN2O5. The standard InChI is InChI=1S/C15H19ClN2O5/c1-23-9-12(15(21)22)18-13(19)3-2-8-17-14(20)10-4-6-11(16)7-5-10/h4-7,12H,2-3,8-9H2,1H3,(H,17,20)(H,18,19)(H,21,22). The molecule has 23 heavy (non-hydrogen) atoms. The van der Waals surface area contributed by atoms with Gasteiger partial charge in [0, 0.05) is 30.7 Å². The van der Waals surface area contributed by atoms with Crippen LogP contribution in [0.5, 0.6) is 0 Å². The molecule has 1 rings (SSSR count). The van der Waals surface area contributed by atoms with E-state index in [4.69, 9.17) is 21.4 Å². The molecular weight excluding hydrogens is 324 g/mol. The summed E-state index contributed by atoms with van der Waals surface area (Å²) >= 11 is 5.74. The molecule has 0 aromatic heterocycles. The normalized spacial score (nSPS) is 11.6. The first-order chi connectivity index (χ1) is 10.9. The molecule has 0 aliphatic carbocycles. The maximum Gasteiger partial charge on any atom is 0.328 e. The Labute approximate surface area is 139 Å². The lowest BCUT2D eigenvalue weighted by Gasteiger charge is -2.13. The smallest absolute Gasteiger partial charge is 0.328 e. The van der Waals surface area contributed by atoms with Crippen LogP contribution in [0.1, 0.15) is 23.2 Å². The number of carbonyl (C=O) groups is 3. The van der Waals surface area contributed by atoms with E-state index in [-0.39, 0.29) is 18.9 Å². The molecule has 0 heterocycles. The number of carboxylic acids is 1. The number of rotatable bonds is 9. The largest absolute Gasteiger partial charge is 0.480 e. The summed E-state index contributed by atoms with van der Waals surface area (Å²) in [6.45, 7) is 0.200. The maximum absolute atomic E-state index is 11.8. The maximum atomic E-state index is 11.8. The fourth-order valence-corrected chi connectivity index (χ4v) is 1.89. The molecule has 0 bridgehead atoms. The SMILES string of the molecule is COCC(NC(=O)CCCNC(=O)c1ccc(Cl)cc1)C(=O)O. The van der Waals surface area contributed by atoms with Crippen molar-refractivity contribution in [1.29, 1.82) is 0 Å². The number of aliphatic carboxylic acids is 1. The van der Waals surface area contributed by atoms with Crippen LogP contribution in [-0.4, -0.2) is 49.2 Å². The minimum absolute atomic E-state index is 0.103. The lowest BCUT2D eigenvalue weighted by atomic mass is 10.2. The number of benzene rings is 1. The van der Waals surface area contributed by atoms with Crippen molar-refractivity contribution in [3.05, 3.63) is 34.9 Å². The zero-order valence-corrected chi connectivity index (χ0v) is 13.4. The molecule has 2 amide bonds. The fraction of sp³-hybridized carbons (Fsp3) is 0.400. The zero-order chi connectivity index (χ0) is 17.2. The predicted octanol–water partition coefficient (Wildman–Crippen LogP) is 1.07. The van der Waals surface area contributed by atoms with E-state index in [1.54, 1.807) is 24.3 Å². The minimum Gasteiger partial charge on any atom is -0.480 e. The van der Waals surface area contributed by atoms with Crippen LogP contribution in [0.15, 0.2) is 24.3 Å². The number of halogens is 1. The van der Waals surface area contributed by atoms with Gasteiger partial charge in [-0.25, -0.2) is 4.79 Å². The second-order valence-electron chi connectivity index (χ2n) is 4.78. The van der Waals surface area contributed by atoms with Crippen molar-refractivity contribution >= 4 is 29.4 Å². The highest BCUT2D eigenvalue weighted by Gasteiger charge is 2.19. The molecule has 0 aliphatic heterocycles. The first kappa shape index (κ1) is 18.9. The quantitative estimate of drug-likeness (QED) is 0.582. The molecule has 0 fully saturated rings. The van der Waals surface area contributed by atoms with Gasteiger partial charge in [-0.3, -0.25) is 9.59 Å². The van der Waals surface area contributed by atoms with Crippen LogP contribution in [0.25, 0.3) is 0 Å². The molecule has 0 saturated carbocycles. The van der Waals surface area contributed by atoms with Crippen molar-refractivity contribution in [2.45, 2.75) is 18.9 Å². The van der Waals surface area contributed by atoms with Gasteiger partial charge in [0.15, 0.2) is 6.04 Å². The predicted molar refractivity (Wildman–Crippen MR) is 84.5 cm³/mol. The monoisotopic (exact) mass is 342 g/mol. The second kappa shape index (κ2) is 9.81. The van der Waals surface area contributed by atoms with Gasteiger partial charge in [-0.05, 0) is 30.7 Å². The molecule has 7 nitrogen and oxygen atoms in total. The van der Waals surface area contributed by atoms with Gasteiger partial charge in [-0.2, -0.15) is 0 Å². The molecule has 0 radical (unpaired) electrons. The molecule has 0 saturated heterocycles. The first-order valence-corrected chi connectivity index (χ1v) is 7.36. The molecule has 8 heteroatoms. The Morgan fingerprint density at radius 2 is 1.91 bits per heavy atom. The van der Waals surface area contributed by atoms with Gasteiger partial charge >= 0.3 is 5.97 Å². The molecule has 3 N–H and O–H groups in total. The Hall–Kier alpha value is -2.12. The summed E-state index contributed by atoms with van der Waals surface area (Å²) in [6.07, 6.45) is 0.499. The third-order valence-electron chi connectivity index (χ3n) is 2.94. The summed E-state index contributed by atoms with van der Waals surface area (Å²) in [5, 5.41) is 14.5. The van der Waals surface area contributed by atoms with Crippen molar-refractivity contribution in [1.82, 2.24) is 10.6 Å². The van der Waals surface area contributed by atoms with E-state index in [1.807, 2.05) is 0 Å². The van der Waals surface area contributed by atoms with Crippen LogP contribution in [0.4, 0.5) is 0 Å². The Balaban J connectivity index is 2.28. The summed E-state index contributed by atoms with van der Waals surface area (Å²) in [5.74, 6) is -1.82. The molecule has 126 valence electrons. The van der Waals surface area contributed by atoms with Crippen molar-refractivity contribution < 1.29 is 24.2 Å². The highest BCUT2D eigenvalue weighted by molar-refractivity contribution is 6.30. The number of ether oxygens (including phenoxy) is 1. The number of methoxy groups -OCH3 is 1. The van der Waals surface area contributed by atoms with Crippen molar-refractivity contribution in [2.75, 3.05) is 20.3 Å². The van der Waals surface area contributed by atoms with E-state index in [9.17, 15) is 14.4 Å². The summed E-state index contributed by atoms with van der Waals surface area (Å²) in [7, 11) is 1.36. The highest BCUT2D eigenvalue weighted by atomic mass is 35.5. The fourth-order valence-electron chi connectivity index (χ4n) is 1.76. The average molecular weight is 343 g/mol. The molecule has 1 unspecified atom stereocenters. The van der Waals surface area contributed by atoms with Crippen molar-refractivity contribution in [2.24, 2.45) is 0 Å². The van der Waals surface area contributed by atoms with Gasteiger partial charge in [0.1, 0.15) is 0 Å². The summed E-state index contributed by atoms with van der Waals surface area (Å²) in [6, 6.07) is 5.37. The van der Waals surface area contributed by atoms with Crippen molar-refractivity contribution in [3.63, 3.8) is 0 Å². The number of nitrogens with one attached hydrogen (secondary N) is 2. The van der Waals surface area contributed by atoms with Crippen LogP contribution >= 0.6 is 11.6 Å². The summed E-state index contributed by atoms with van der Waals surface area (Å²) < 4.78 is 4.72. The Morgan fingerprint density at radius 1 is 1.26 bits per heavy atom. The van der Waals surface area contributed by atoms with Gasteiger partial charge in [-0.15, -0.1) is 0 Å². The van der Waals surface area contributed by atoms with Gasteiger partial charge in [0.2, 0.25) is 5.91 Å². The number of hydrogen-bond acceptors (Lipinski definition) is 4. The topological polar surface area (TPSA) is 105 Å². The van der Waals surface area contributed by atoms with Crippen LogP contribution in [0.2, 0.25) is 5.02 Å². The first-order valence-electron chi connectivity index (χ1n) is 6.99. The summed E-state index contributed by atoms with van der Waals surface area (Å²) in [4.78, 5) is 34.3. The summed E-state index contributed by atoms with van der Waals surface area (Å²) in [5.41, 5.74) is 0.477. The van der Waals surface area contributed by atoms with Crippen molar-refractivity contribution in [3.8, 4) is 0 Å². The van der Waals surface area contributed by atoms with Gasteiger partial charge in [0.05, 0.1) is 6.61 Å². The van der Waals surface area contributed by atoms with Crippen LogP contribution in [-0.2, 0) is 14.3 Å². The third kappa shape index (κ3) is 7.12. The molecule has 1 aromatic rings. The third-order valence-corrected chi connectivity index (χ3v) is 3.19. The molecule has 0 aliphatic rings. The van der Waals surface area contributed by atoms with Crippen LogP contribution in [0, 0.1) is 0 Å². The highest BCUT2D eigenvalue weighted by Crippen LogP contribution is 2.09. The van der Waals surface area contributed by atoms with Gasteiger partial charge in [0.25, 0.3) is 5.91 Å². The Morgan fingerprint density at radius 3 is 2.48 bits per heavy atom. The van der Waals surface area contributed by atoms with E-state index >= 15 is 0 Å². The molecule has 0 spiro atoms. The van der Waals surface area contributed by atoms with E-state index in [1.165, 1.54) is 7.11 Å². The second-order valence-corrected chi connectivity index (χ2v) is 5.22. The Kier molecular flexibility index (Phi) is 8.07. The van der Waals surface area contributed by atoms with E-state index in [0.29, 0.717) is 23.6 Å². The lowest BCUT2D eigenvalue weighted by Crippen LogP contribution is -2.43.